The van der Waals surface area contributed by atoms with Crippen molar-refractivity contribution in [1.29, 1.82) is 0 Å². The van der Waals surface area contributed by atoms with Gasteiger partial charge in [-0.05, 0) is 178 Å². The SMILES string of the molecule is CC(C)c1cc(C(C)C)c(-c2cc(Oc3ccc4c5c6oc7ccccc7c6ccc5n(-c5cc(C(C)(C)C)ccn5)c4c3)cc(N3CN(c4c(-c5cc(C(C)(C)C)cc(C(C)(C)C)c5)cccc4-c4cc(C(C)(C)C)cc(C(C)(C)C)c4)c4ccccc43)c2)c(C(C)C)c1. The van der Waals surface area contributed by atoms with Crippen LogP contribution in [0, 0.1) is 0 Å². The molecule has 4 heterocycles. The van der Waals surface area contributed by atoms with E-state index >= 15 is 0 Å². The molecule has 0 aliphatic carbocycles. The first-order chi connectivity index (χ1) is 44.7. The van der Waals surface area contributed by atoms with Crippen molar-refractivity contribution < 1.29 is 9.15 Å². The third-order valence-corrected chi connectivity index (χ3v) is 19.9. The first kappa shape index (κ1) is 64.8. The molecular formula is C89H98N4O2. The number of ether oxygens (including phenoxy) is 1. The summed E-state index contributed by atoms with van der Waals surface area (Å²) in [6, 6.07) is 66.6. The molecule has 0 atom stereocenters. The Morgan fingerprint density at radius 3 is 1.51 bits per heavy atom. The van der Waals surface area contributed by atoms with Crippen molar-refractivity contribution in [2.45, 2.75) is 190 Å². The van der Waals surface area contributed by atoms with E-state index in [-0.39, 0.29) is 38.9 Å². The number of furan rings is 1. The van der Waals surface area contributed by atoms with Gasteiger partial charge in [-0.1, -0.05) is 242 Å². The summed E-state index contributed by atoms with van der Waals surface area (Å²) in [4.78, 5) is 10.3. The molecule has 13 rings (SSSR count). The summed E-state index contributed by atoms with van der Waals surface area (Å²) in [5, 5.41) is 4.31. The average molecular weight is 1260 g/mol. The van der Waals surface area contributed by atoms with Crippen molar-refractivity contribution in [3.05, 3.63) is 227 Å². The van der Waals surface area contributed by atoms with E-state index in [1.165, 1.54) is 78.0 Å². The van der Waals surface area contributed by atoms with Gasteiger partial charge in [0.25, 0.3) is 0 Å². The van der Waals surface area contributed by atoms with Gasteiger partial charge in [-0.25, -0.2) is 4.98 Å². The Morgan fingerprint density at radius 2 is 0.958 bits per heavy atom. The number of para-hydroxylation sites is 4. The quantitative estimate of drug-likeness (QED) is 0.129. The molecule has 1 aliphatic rings. The van der Waals surface area contributed by atoms with Gasteiger partial charge < -0.3 is 19.0 Å². The van der Waals surface area contributed by atoms with Crippen LogP contribution in [0.1, 0.15) is 208 Å². The Kier molecular flexibility index (Phi) is 16.0. The molecule has 12 aromatic rings. The van der Waals surface area contributed by atoms with E-state index in [0.29, 0.717) is 12.6 Å². The first-order valence-corrected chi connectivity index (χ1v) is 34.7. The maximum atomic E-state index is 7.52. The molecule has 0 unspecified atom stereocenters. The Balaban J connectivity index is 1.05. The molecule has 0 fully saturated rings. The molecule has 1 aliphatic heterocycles. The second kappa shape index (κ2) is 23.5. The number of anilines is 4. The summed E-state index contributed by atoms with van der Waals surface area (Å²) in [6.07, 6.45) is 1.95. The van der Waals surface area contributed by atoms with Gasteiger partial charge in [0.2, 0.25) is 0 Å². The van der Waals surface area contributed by atoms with E-state index in [9.17, 15) is 0 Å². The van der Waals surface area contributed by atoms with E-state index in [1.54, 1.807) is 0 Å². The number of pyridine rings is 1. The van der Waals surface area contributed by atoms with Crippen LogP contribution in [0.15, 0.2) is 187 Å². The van der Waals surface area contributed by atoms with E-state index < -0.39 is 0 Å². The minimum Gasteiger partial charge on any atom is -0.457 e. The van der Waals surface area contributed by atoms with Crippen LogP contribution in [0.5, 0.6) is 11.5 Å². The standard InChI is InChI=1S/C89H98N4O2/c1-53(2)56-45-73(54(3)4)81(74(46-56)55(5)6)59-43-65(50-67(44-59)94-66-33-34-72-78(51-66)93(80-49-60(37-38-90-80)85(7,8)9)77-36-35-71-70-27-22-25-32-79(70)95-84(71)82(72)77)91-52-92(76-31-24-23-30-75(76)91)83-68(57-39-61(86(10,11)12)47-62(40-57)87(13,14)15)28-26-29-69(83)58-41-63(88(16,17)18)48-64(42-58)89(19,20)21/h22-51,53-55H,52H2,1-21H3. The normalized spacial score (nSPS) is 13.5. The predicted molar refractivity (Wildman–Crippen MR) is 406 cm³/mol. The van der Waals surface area contributed by atoms with Crippen molar-refractivity contribution in [2.75, 3.05) is 16.5 Å². The number of rotatable bonds is 11. The van der Waals surface area contributed by atoms with Gasteiger partial charge in [-0.15, -0.1) is 0 Å². The number of hydrogen-bond donors (Lipinski definition) is 0. The molecule has 0 saturated heterocycles. The van der Waals surface area contributed by atoms with Gasteiger partial charge in [0, 0.05) is 51.3 Å². The third kappa shape index (κ3) is 12.0. The zero-order chi connectivity index (χ0) is 67.7. The van der Waals surface area contributed by atoms with Crippen LogP contribution in [0.2, 0.25) is 0 Å². The lowest BCUT2D eigenvalue weighted by Crippen LogP contribution is -2.25. The third-order valence-electron chi connectivity index (χ3n) is 19.9. The van der Waals surface area contributed by atoms with Crippen LogP contribution in [0.25, 0.3) is 82.9 Å². The first-order valence-electron chi connectivity index (χ1n) is 34.7. The summed E-state index contributed by atoms with van der Waals surface area (Å²) in [5.41, 5.74) is 25.6. The summed E-state index contributed by atoms with van der Waals surface area (Å²) in [5.74, 6) is 3.20. The second-order valence-electron chi connectivity index (χ2n) is 33.2. The molecule has 6 nitrogen and oxygen atoms in total. The van der Waals surface area contributed by atoms with Crippen molar-refractivity contribution in [3.63, 3.8) is 0 Å². The monoisotopic (exact) mass is 1250 g/mol. The zero-order valence-electron chi connectivity index (χ0n) is 60.4. The van der Waals surface area contributed by atoms with Crippen LogP contribution < -0.4 is 14.5 Å². The largest absolute Gasteiger partial charge is 0.457 e. The fourth-order valence-electron chi connectivity index (χ4n) is 14.2. The Labute approximate surface area is 566 Å². The van der Waals surface area contributed by atoms with Gasteiger partial charge in [0.05, 0.1) is 33.5 Å². The highest BCUT2D eigenvalue weighted by atomic mass is 16.5. The molecule has 0 bridgehead atoms. The number of nitrogens with zero attached hydrogens (tertiary/aromatic N) is 4. The second-order valence-corrected chi connectivity index (χ2v) is 33.2. The van der Waals surface area contributed by atoms with E-state index in [0.717, 1.165) is 83.7 Å². The lowest BCUT2D eigenvalue weighted by atomic mass is 9.77. The number of benzene rings is 9. The number of fused-ring (bicyclic) bond motifs is 8. The molecule has 0 spiro atoms. The number of aromatic nitrogens is 2. The number of hydrogen-bond acceptors (Lipinski definition) is 5. The summed E-state index contributed by atoms with van der Waals surface area (Å²) in [6.45, 7) is 49.5. The van der Waals surface area contributed by atoms with Crippen molar-refractivity contribution in [1.82, 2.24) is 9.55 Å². The maximum absolute atomic E-state index is 7.52. The van der Waals surface area contributed by atoms with Crippen molar-refractivity contribution in [3.8, 4) is 50.7 Å². The molecule has 0 radical (unpaired) electrons. The highest BCUT2D eigenvalue weighted by Crippen LogP contribution is 2.54. The lowest BCUT2D eigenvalue weighted by molar-refractivity contribution is 0.483. The molecule has 0 amide bonds. The van der Waals surface area contributed by atoms with Crippen LogP contribution in [-0.2, 0) is 27.1 Å². The van der Waals surface area contributed by atoms with Gasteiger partial charge in [-0.2, -0.15) is 0 Å². The molecule has 3 aromatic heterocycles. The molecule has 6 heteroatoms. The van der Waals surface area contributed by atoms with Crippen LogP contribution in [0.4, 0.5) is 22.7 Å². The average Bonchev–Trinajstić information content (AvgIpc) is 1.59. The highest BCUT2D eigenvalue weighted by Gasteiger charge is 2.35. The van der Waals surface area contributed by atoms with E-state index in [1.807, 2.05) is 12.3 Å². The van der Waals surface area contributed by atoms with Crippen molar-refractivity contribution >= 4 is 66.5 Å². The minimum absolute atomic E-state index is 0.0834. The van der Waals surface area contributed by atoms with Crippen LogP contribution in [-0.4, -0.2) is 16.2 Å². The molecule has 0 N–H and O–H groups in total. The van der Waals surface area contributed by atoms with E-state index in [2.05, 4.69) is 330 Å². The summed E-state index contributed by atoms with van der Waals surface area (Å²) < 4.78 is 16.7. The lowest BCUT2D eigenvalue weighted by Gasteiger charge is -2.31. The Bertz CT molecular complexity index is 4780. The molecule has 0 saturated carbocycles. The van der Waals surface area contributed by atoms with Gasteiger partial charge in [0.1, 0.15) is 35.2 Å². The Morgan fingerprint density at radius 1 is 0.421 bits per heavy atom. The summed E-state index contributed by atoms with van der Waals surface area (Å²) in [7, 11) is 0. The highest BCUT2D eigenvalue weighted by molar-refractivity contribution is 6.24. The fourth-order valence-corrected chi connectivity index (χ4v) is 14.2. The van der Waals surface area contributed by atoms with Crippen LogP contribution in [0.3, 0.4) is 0 Å². The van der Waals surface area contributed by atoms with Crippen molar-refractivity contribution in [2.24, 2.45) is 0 Å². The van der Waals surface area contributed by atoms with Gasteiger partial charge >= 0.3 is 0 Å². The maximum Gasteiger partial charge on any atom is 0.145 e. The Hall–Kier alpha value is -8.87. The predicted octanol–water partition coefficient (Wildman–Crippen LogP) is 26.0. The molecule has 95 heavy (non-hydrogen) atoms. The molecule has 486 valence electrons. The fraction of sp³-hybridized carbons (Fsp3) is 0.337. The topological polar surface area (TPSA) is 46.7 Å². The molecule has 9 aromatic carbocycles. The molecular weight excluding hydrogens is 1160 g/mol. The van der Waals surface area contributed by atoms with Crippen LogP contribution >= 0.6 is 0 Å². The summed E-state index contributed by atoms with van der Waals surface area (Å²) >= 11 is 0. The van der Waals surface area contributed by atoms with E-state index in [4.69, 9.17) is 14.1 Å². The van der Waals surface area contributed by atoms with Gasteiger partial charge in [0.15, 0.2) is 0 Å². The zero-order valence-corrected chi connectivity index (χ0v) is 60.4. The smallest absolute Gasteiger partial charge is 0.145 e. The van der Waals surface area contributed by atoms with Gasteiger partial charge in [-0.3, -0.25) is 4.57 Å². The minimum atomic E-state index is -0.0968.